The van der Waals surface area contributed by atoms with Gasteiger partial charge < -0.3 is 10.1 Å². The van der Waals surface area contributed by atoms with Crippen LogP contribution in [0.5, 0.6) is 5.75 Å². The Morgan fingerprint density at radius 3 is 2.22 bits per heavy atom. The van der Waals surface area contributed by atoms with Crippen molar-refractivity contribution in [3.8, 4) is 5.75 Å². The molecular weight excluding hydrogens is 328 g/mol. The summed E-state index contributed by atoms with van der Waals surface area (Å²) in [6.45, 7) is 0. The molecule has 0 bridgehead atoms. The number of halogens is 3. The van der Waals surface area contributed by atoms with Crippen LogP contribution in [0.15, 0.2) is 54.6 Å². The first-order chi connectivity index (χ1) is 10.9. The molecule has 7 heteroatoms. The molecule has 2 rings (SSSR count). The molecule has 2 aromatic rings. The molecule has 1 N–H and O–H groups in total. The number of esters is 1. The lowest BCUT2D eigenvalue weighted by molar-refractivity contribution is -0.129. The maximum atomic E-state index is 12.9. The van der Waals surface area contributed by atoms with Crippen LogP contribution in [0.3, 0.4) is 0 Å². The van der Waals surface area contributed by atoms with E-state index in [1.807, 2.05) is 0 Å². The van der Waals surface area contributed by atoms with E-state index >= 15 is 0 Å². The van der Waals surface area contributed by atoms with Gasteiger partial charge in [0.1, 0.15) is 17.4 Å². The Balaban J connectivity index is 1.92. The Morgan fingerprint density at radius 2 is 1.61 bits per heavy atom. The third-order valence-corrected chi connectivity index (χ3v) is 2.79. The van der Waals surface area contributed by atoms with E-state index in [1.54, 1.807) is 24.3 Å². The van der Waals surface area contributed by atoms with Crippen molar-refractivity contribution in [2.24, 2.45) is 0 Å². The Kier molecular flexibility index (Phi) is 5.43. The monoisotopic (exact) mass is 337 g/mol. The normalized spacial score (nSPS) is 10.6. The average molecular weight is 338 g/mol. The molecule has 0 heterocycles. The summed E-state index contributed by atoms with van der Waals surface area (Å²) in [4.78, 5) is 23.1. The van der Waals surface area contributed by atoms with Crippen LogP contribution in [-0.4, -0.2) is 11.9 Å². The lowest BCUT2D eigenvalue weighted by Crippen LogP contribution is -2.10. The Bertz CT molecular complexity index is 740. The van der Waals surface area contributed by atoms with Gasteiger partial charge in [-0.15, -0.1) is 0 Å². The van der Waals surface area contributed by atoms with Gasteiger partial charge in [0.15, 0.2) is 0 Å². The number of carbonyl (C=O) groups is 2. The summed E-state index contributed by atoms with van der Waals surface area (Å²) in [7, 11) is 0. The van der Waals surface area contributed by atoms with Crippen LogP contribution in [0, 0.1) is 11.6 Å². The number of anilines is 1. The maximum absolute atomic E-state index is 12.9. The van der Waals surface area contributed by atoms with E-state index in [-0.39, 0.29) is 5.75 Å². The van der Waals surface area contributed by atoms with Crippen molar-refractivity contribution in [2.45, 2.75) is 0 Å². The largest absolute Gasteiger partial charge is 0.423 e. The number of hydrogen-bond donors (Lipinski definition) is 1. The zero-order valence-corrected chi connectivity index (χ0v) is 12.3. The third kappa shape index (κ3) is 5.52. The topological polar surface area (TPSA) is 55.4 Å². The van der Waals surface area contributed by atoms with Gasteiger partial charge >= 0.3 is 5.97 Å². The van der Waals surface area contributed by atoms with Crippen molar-refractivity contribution in [2.75, 3.05) is 5.32 Å². The Hall–Kier alpha value is -2.73. The molecule has 0 unspecified atom stereocenters. The van der Waals surface area contributed by atoms with Crippen molar-refractivity contribution in [1.82, 2.24) is 0 Å². The van der Waals surface area contributed by atoms with Crippen LogP contribution in [-0.2, 0) is 9.59 Å². The highest BCUT2D eigenvalue weighted by Gasteiger charge is 2.06. The van der Waals surface area contributed by atoms with Crippen LogP contribution in [0.2, 0.25) is 5.02 Å². The van der Waals surface area contributed by atoms with Crippen molar-refractivity contribution in [3.05, 3.63) is 71.3 Å². The molecule has 0 radical (unpaired) electrons. The van der Waals surface area contributed by atoms with Gasteiger partial charge in [-0.3, -0.25) is 4.79 Å². The fourth-order valence-electron chi connectivity index (χ4n) is 1.60. The molecule has 0 aromatic heterocycles. The summed E-state index contributed by atoms with van der Waals surface area (Å²) in [5.41, 5.74) is 0.490. The minimum atomic E-state index is -0.943. The summed E-state index contributed by atoms with van der Waals surface area (Å²) in [6.07, 6.45) is 1.78. The highest BCUT2D eigenvalue weighted by Crippen LogP contribution is 2.16. The highest BCUT2D eigenvalue weighted by molar-refractivity contribution is 6.30. The zero-order chi connectivity index (χ0) is 16.8. The predicted molar refractivity (Wildman–Crippen MR) is 81.2 cm³/mol. The molecule has 118 valence electrons. The SMILES string of the molecule is O=C(/C=C/C(=O)Oc1cc(F)cc(F)c1)Nc1ccc(Cl)cc1. The minimum absolute atomic E-state index is 0.296. The van der Waals surface area contributed by atoms with Crippen LogP contribution in [0.1, 0.15) is 0 Å². The van der Waals surface area contributed by atoms with E-state index in [0.717, 1.165) is 24.3 Å². The minimum Gasteiger partial charge on any atom is -0.423 e. The van der Waals surface area contributed by atoms with Crippen molar-refractivity contribution >= 4 is 29.2 Å². The first-order valence-electron chi connectivity index (χ1n) is 6.35. The number of rotatable bonds is 4. The standard InChI is InChI=1S/C16H10ClF2NO3/c17-10-1-3-13(4-2-10)20-15(21)5-6-16(22)23-14-8-11(18)7-12(19)9-14/h1-9H,(H,20,21)/b6-5+. The van der Waals surface area contributed by atoms with E-state index in [9.17, 15) is 18.4 Å². The van der Waals surface area contributed by atoms with E-state index in [4.69, 9.17) is 11.6 Å². The molecule has 0 aliphatic heterocycles. The zero-order valence-electron chi connectivity index (χ0n) is 11.6. The first-order valence-corrected chi connectivity index (χ1v) is 6.73. The van der Waals surface area contributed by atoms with E-state index < -0.39 is 23.5 Å². The van der Waals surface area contributed by atoms with Crippen LogP contribution >= 0.6 is 11.6 Å². The van der Waals surface area contributed by atoms with Crippen molar-refractivity contribution < 1.29 is 23.1 Å². The van der Waals surface area contributed by atoms with Gasteiger partial charge in [0.05, 0.1) is 0 Å². The van der Waals surface area contributed by atoms with Crippen LogP contribution in [0.4, 0.5) is 14.5 Å². The second kappa shape index (κ2) is 7.51. The van der Waals surface area contributed by atoms with Crippen LogP contribution < -0.4 is 10.1 Å². The van der Waals surface area contributed by atoms with Gasteiger partial charge in [-0.1, -0.05) is 11.6 Å². The quantitative estimate of drug-likeness (QED) is 0.525. The van der Waals surface area contributed by atoms with Crippen molar-refractivity contribution in [3.63, 3.8) is 0 Å². The van der Waals surface area contributed by atoms with Gasteiger partial charge in [-0.05, 0) is 24.3 Å². The lowest BCUT2D eigenvalue weighted by atomic mass is 10.3. The molecule has 0 saturated carbocycles. The lowest BCUT2D eigenvalue weighted by Gasteiger charge is -2.03. The van der Waals surface area contributed by atoms with E-state index in [1.165, 1.54) is 0 Å². The van der Waals surface area contributed by atoms with Gasteiger partial charge in [0, 0.05) is 41.1 Å². The molecule has 0 spiro atoms. The van der Waals surface area contributed by atoms with Crippen LogP contribution in [0.25, 0.3) is 0 Å². The summed E-state index contributed by atoms with van der Waals surface area (Å²) in [5, 5.41) is 3.01. The summed E-state index contributed by atoms with van der Waals surface area (Å²) in [5.74, 6) is -3.57. The predicted octanol–water partition coefficient (Wildman–Crippen LogP) is 3.72. The van der Waals surface area contributed by atoms with Gasteiger partial charge in [-0.2, -0.15) is 0 Å². The number of carbonyl (C=O) groups excluding carboxylic acids is 2. The molecular formula is C16H10ClF2NO3. The second-order valence-electron chi connectivity index (χ2n) is 4.36. The summed E-state index contributed by atoms with van der Waals surface area (Å²) >= 11 is 5.71. The third-order valence-electron chi connectivity index (χ3n) is 2.54. The number of ether oxygens (including phenoxy) is 1. The fraction of sp³-hybridized carbons (Fsp3) is 0. The van der Waals surface area contributed by atoms with E-state index in [2.05, 4.69) is 10.1 Å². The van der Waals surface area contributed by atoms with E-state index in [0.29, 0.717) is 16.8 Å². The summed E-state index contributed by atoms with van der Waals surface area (Å²) < 4.78 is 30.6. The van der Waals surface area contributed by atoms with Gasteiger partial charge in [-0.25, -0.2) is 13.6 Å². The Labute approximate surface area is 135 Å². The summed E-state index contributed by atoms with van der Waals surface area (Å²) in [6, 6.07) is 8.70. The molecule has 0 aliphatic rings. The smallest absolute Gasteiger partial charge is 0.336 e. The number of benzene rings is 2. The van der Waals surface area contributed by atoms with Gasteiger partial charge in [0.25, 0.3) is 0 Å². The fourth-order valence-corrected chi connectivity index (χ4v) is 1.72. The molecule has 0 saturated heterocycles. The molecule has 0 aliphatic carbocycles. The molecule has 4 nitrogen and oxygen atoms in total. The maximum Gasteiger partial charge on any atom is 0.336 e. The highest BCUT2D eigenvalue weighted by atomic mass is 35.5. The van der Waals surface area contributed by atoms with Crippen molar-refractivity contribution in [1.29, 1.82) is 0 Å². The number of nitrogens with one attached hydrogen (secondary N) is 1. The van der Waals surface area contributed by atoms with Gasteiger partial charge in [0.2, 0.25) is 5.91 Å². The second-order valence-corrected chi connectivity index (χ2v) is 4.79. The molecule has 0 fully saturated rings. The number of hydrogen-bond acceptors (Lipinski definition) is 3. The average Bonchev–Trinajstić information content (AvgIpc) is 2.46. The molecule has 0 atom stereocenters. The molecule has 2 aromatic carbocycles. The first kappa shape index (κ1) is 16.6. The molecule has 1 amide bonds. The molecule has 23 heavy (non-hydrogen) atoms. The number of amides is 1. The Morgan fingerprint density at radius 1 is 1.00 bits per heavy atom.